The van der Waals surface area contributed by atoms with Gasteiger partial charge in [0.1, 0.15) is 5.82 Å². The van der Waals surface area contributed by atoms with E-state index in [1.807, 2.05) is 6.07 Å². The molecule has 1 unspecified atom stereocenters. The van der Waals surface area contributed by atoms with Crippen molar-refractivity contribution in [3.63, 3.8) is 0 Å². The third-order valence-electron chi connectivity index (χ3n) is 2.74. The molecule has 1 aromatic rings. The molecule has 1 atom stereocenters. The number of hydrogen-bond acceptors (Lipinski definition) is 4. The van der Waals surface area contributed by atoms with Crippen molar-refractivity contribution in [1.29, 1.82) is 5.26 Å². The molecule has 94 valence electrons. The highest BCUT2D eigenvalue weighted by molar-refractivity contribution is 7.89. The van der Waals surface area contributed by atoms with Gasteiger partial charge in [0.2, 0.25) is 0 Å². The maximum absolute atomic E-state index is 12.2. The van der Waals surface area contributed by atoms with E-state index in [1.54, 1.807) is 25.5 Å². The summed E-state index contributed by atoms with van der Waals surface area (Å²) in [5.74, 6) is 0.630. The number of aromatic nitrogens is 2. The van der Waals surface area contributed by atoms with Gasteiger partial charge in [-0.1, -0.05) is 0 Å². The van der Waals surface area contributed by atoms with Crippen LogP contribution in [-0.2, 0) is 17.1 Å². The fraction of sp³-hybridized carbons (Fsp3) is 0.600. The Hall–Kier alpha value is -1.39. The van der Waals surface area contributed by atoms with Crippen LogP contribution in [-0.4, -0.2) is 35.4 Å². The van der Waals surface area contributed by atoms with Gasteiger partial charge in [-0.05, 0) is 13.8 Å². The molecule has 0 N–H and O–H groups in total. The van der Waals surface area contributed by atoms with E-state index in [0.717, 1.165) is 0 Å². The smallest absolute Gasteiger partial charge is 0.262 e. The van der Waals surface area contributed by atoms with Crippen LogP contribution in [0.4, 0.5) is 0 Å². The molecule has 7 heteroatoms. The second-order valence-corrected chi connectivity index (χ2v) is 5.91. The molecule has 1 heterocycles. The first-order valence-electron chi connectivity index (χ1n) is 5.15. The zero-order valence-electron chi connectivity index (χ0n) is 10.4. The monoisotopic (exact) mass is 256 g/mol. The first-order chi connectivity index (χ1) is 7.80. The molecule has 0 saturated heterocycles. The highest BCUT2D eigenvalue weighted by Crippen LogP contribution is 2.16. The normalized spacial score (nSPS) is 13.6. The average molecular weight is 256 g/mol. The molecule has 0 aliphatic heterocycles. The van der Waals surface area contributed by atoms with Crippen molar-refractivity contribution in [2.45, 2.75) is 31.3 Å². The van der Waals surface area contributed by atoms with E-state index in [4.69, 9.17) is 5.26 Å². The Balaban J connectivity index is 3.08. The highest BCUT2D eigenvalue weighted by Gasteiger charge is 2.27. The summed E-state index contributed by atoms with van der Waals surface area (Å²) in [5, 5.41) is 8.60. The standard InChI is InChI=1S/C10H16N4O2S/c1-8(5-6-11)14(4)17(15,16)10-7-13(3)9(2)12-10/h7-8H,5H2,1-4H3. The zero-order valence-corrected chi connectivity index (χ0v) is 11.2. The first kappa shape index (κ1) is 13.7. The van der Waals surface area contributed by atoms with Crippen LogP contribution in [0.5, 0.6) is 0 Å². The Morgan fingerprint density at radius 1 is 1.65 bits per heavy atom. The van der Waals surface area contributed by atoms with Gasteiger partial charge in [-0.3, -0.25) is 0 Å². The van der Waals surface area contributed by atoms with Gasteiger partial charge in [-0.15, -0.1) is 0 Å². The van der Waals surface area contributed by atoms with Gasteiger partial charge in [0.05, 0.1) is 12.5 Å². The van der Waals surface area contributed by atoms with Gasteiger partial charge in [-0.2, -0.15) is 9.57 Å². The summed E-state index contributed by atoms with van der Waals surface area (Å²) in [6, 6.07) is 1.59. The molecule has 0 aliphatic carbocycles. The molecule has 6 nitrogen and oxygen atoms in total. The van der Waals surface area contributed by atoms with Gasteiger partial charge in [0, 0.05) is 26.3 Å². The average Bonchev–Trinajstić information content (AvgIpc) is 2.59. The van der Waals surface area contributed by atoms with E-state index in [2.05, 4.69) is 4.98 Å². The third-order valence-corrected chi connectivity index (χ3v) is 4.58. The highest BCUT2D eigenvalue weighted by atomic mass is 32.2. The summed E-state index contributed by atoms with van der Waals surface area (Å²) in [5.41, 5.74) is 0. The minimum absolute atomic E-state index is 0.0183. The molecule has 1 rings (SSSR count). The molecule has 1 aromatic heterocycles. The fourth-order valence-corrected chi connectivity index (χ4v) is 2.68. The van der Waals surface area contributed by atoms with Crippen molar-refractivity contribution in [2.24, 2.45) is 7.05 Å². The predicted octanol–water partition coefficient (Wildman–Crippen LogP) is 0.651. The second kappa shape index (κ2) is 4.85. The number of nitrogens with zero attached hydrogens (tertiary/aromatic N) is 4. The van der Waals surface area contributed by atoms with Crippen LogP contribution in [0.1, 0.15) is 19.2 Å². The SMILES string of the molecule is Cc1nc(S(=O)(=O)N(C)C(C)CC#N)cn1C. The molecule has 0 radical (unpaired) electrons. The van der Waals surface area contributed by atoms with Gasteiger partial charge in [0.15, 0.2) is 5.03 Å². The lowest BCUT2D eigenvalue weighted by atomic mass is 10.3. The summed E-state index contributed by atoms with van der Waals surface area (Å²) in [6.45, 7) is 3.42. The van der Waals surface area contributed by atoms with E-state index < -0.39 is 10.0 Å². The molecule has 17 heavy (non-hydrogen) atoms. The second-order valence-electron chi connectivity index (χ2n) is 3.97. The number of aryl methyl sites for hydroxylation is 2. The third kappa shape index (κ3) is 2.65. The van der Waals surface area contributed by atoms with Crippen LogP contribution in [0.2, 0.25) is 0 Å². The maximum Gasteiger partial charge on any atom is 0.262 e. The number of nitriles is 1. The number of sulfonamides is 1. The Labute approximate surface area is 102 Å². The molecular formula is C10H16N4O2S. The molecule has 0 bridgehead atoms. The van der Waals surface area contributed by atoms with E-state index in [1.165, 1.54) is 17.5 Å². The number of imidazole rings is 1. The lowest BCUT2D eigenvalue weighted by Crippen LogP contribution is -2.35. The van der Waals surface area contributed by atoms with E-state index in [-0.39, 0.29) is 17.5 Å². The van der Waals surface area contributed by atoms with Crippen molar-refractivity contribution in [3.05, 3.63) is 12.0 Å². The van der Waals surface area contributed by atoms with Crippen molar-refractivity contribution in [1.82, 2.24) is 13.9 Å². The fourth-order valence-electron chi connectivity index (χ4n) is 1.30. The van der Waals surface area contributed by atoms with Crippen molar-refractivity contribution in [2.75, 3.05) is 7.05 Å². The summed E-state index contributed by atoms with van der Waals surface area (Å²) in [6.07, 6.45) is 1.63. The van der Waals surface area contributed by atoms with Crippen molar-refractivity contribution >= 4 is 10.0 Å². The Kier molecular flexibility index (Phi) is 3.91. The summed E-state index contributed by atoms with van der Waals surface area (Å²) < 4.78 is 27.1. The Morgan fingerprint density at radius 3 is 2.65 bits per heavy atom. The molecule has 0 saturated carbocycles. The van der Waals surface area contributed by atoms with E-state index in [9.17, 15) is 8.42 Å². The molecule has 0 fully saturated rings. The number of rotatable bonds is 4. The Morgan fingerprint density at radius 2 is 2.24 bits per heavy atom. The van der Waals surface area contributed by atoms with Gasteiger partial charge >= 0.3 is 0 Å². The van der Waals surface area contributed by atoms with Crippen LogP contribution < -0.4 is 0 Å². The largest absolute Gasteiger partial charge is 0.337 e. The van der Waals surface area contributed by atoms with Gasteiger partial charge in [-0.25, -0.2) is 13.4 Å². The minimum atomic E-state index is -3.61. The van der Waals surface area contributed by atoms with Crippen LogP contribution >= 0.6 is 0 Å². The zero-order chi connectivity index (χ0) is 13.2. The Bertz CT molecular complexity index is 522. The molecule has 0 spiro atoms. The topological polar surface area (TPSA) is 79.0 Å². The van der Waals surface area contributed by atoms with Crippen LogP contribution in [0, 0.1) is 18.3 Å². The molecule has 0 aromatic carbocycles. The summed E-state index contributed by atoms with van der Waals surface area (Å²) >= 11 is 0. The van der Waals surface area contributed by atoms with Gasteiger partial charge in [0.25, 0.3) is 10.0 Å². The lowest BCUT2D eigenvalue weighted by Gasteiger charge is -2.20. The van der Waals surface area contributed by atoms with Crippen LogP contribution in [0.15, 0.2) is 11.2 Å². The van der Waals surface area contributed by atoms with Crippen molar-refractivity contribution < 1.29 is 8.42 Å². The molecule has 0 amide bonds. The summed E-state index contributed by atoms with van der Waals surface area (Å²) in [4.78, 5) is 4.00. The summed E-state index contributed by atoms with van der Waals surface area (Å²) in [7, 11) is -0.416. The first-order valence-corrected chi connectivity index (χ1v) is 6.59. The van der Waals surface area contributed by atoms with Gasteiger partial charge < -0.3 is 4.57 Å². The minimum Gasteiger partial charge on any atom is -0.337 e. The number of hydrogen-bond donors (Lipinski definition) is 0. The maximum atomic E-state index is 12.2. The molecule has 0 aliphatic rings. The lowest BCUT2D eigenvalue weighted by molar-refractivity contribution is 0.391. The predicted molar refractivity (Wildman–Crippen MR) is 62.6 cm³/mol. The molecular weight excluding hydrogens is 240 g/mol. The quantitative estimate of drug-likeness (QED) is 0.792. The van der Waals surface area contributed by atoms with E-state index in [0.29, 0.717) is 5.82 Å². The van der Waals surface area contributed by atoms with E-state index >= 15 is 0 Å². The van der Waals surface area contributed by atoms with Crippen LogP contribution in [0.3, 0.4) is 0 Å². The van der Waals surface area contributed by atoms with Crippen LogP contribution in [0.25, 0.3) is 0 Å². The van der Waals surface area contributed by atoms with Crippen molar-refractivity contribution in [3.8, 4) is 6.07 Å².